The molecule has 3 aromatic rings. The first-order valence-corrected chi connectivity index (χ1v) is 14.1. The Bertz CT molecular complexity index is 1620. The molecule has 0 saturated carbocycles. The number of oxime groups is 1. The number of aromatic nitrogens is 2. The maximum Gasteiger partial charge on any atom is 0.343 e. The average molecular weight is 560 g/mol. The van der Waals surface area contributed by atoms with Gasteiger partial charge >= 0.3 is 5.97 Å². The van der Waals surface area contributed by atoms with Crippen LogP contribution in [0.2, 0.25) is 0 Å². The number of fused-ring (bicyclic) bond motifs is 5. The van der Waals surface area contributed by atoms with E-state index in [2.05, 4.69) is 17.0 Å². The van der Waals surface area contributed by atoms with Crippen LogP contribution in [0.3, 0.4) is 0 Å². The summed E-state index contributed by atoms with van der Waals surface area (Å²) in [5.74, 6) is -0.864. The summed E-state index contributed by atoms with van der Waals surface area (Å²) >= 11 is 0. The summed E-state index contributed by atoms with van der Waals surface area (Å²) in [6.07, 6.45) is 2.74. The van der Waals surface area contributed by atoms with Crippen molar-refractivity contribution in [1.82, 2.24) is 19.4 Å². The Balaban J connectivity index is 1.30. The van der Waals surface area contributed by atoms with E-state index in [1.54, 1.807) is 28.7 Å². The van der Waals surface area contributed by atoms with Crippen LogP contribution in [-0.4, -0.2) is 81.9 Å². The number of para-hydroxylation sites is 1. The fourth-order valence-electron chi connectivity index (χ4n) is 6.02. The number of carbonyl (C=O) groups excluding carboxylic acids is 2. The predicted octanol–water partition coefficient (Wildman–Crippen LogP) is 1.98. The van der Waals surface area contributed by atoms with Gasteiger partial charge in [-0.25, -0.2) is 9.78 Å². The van der Waals surface area contributed by atoms with Gasteiger partial charge in [-0.15, -0.1) is 0 Å². The zero-order chi connectivity index (χ0) is 28.7. The van der Waals surface area contributed by atoms with E-state index < -0.39 is 11.6 Å². The summed E-state index contributed by atoms with van der Waals surface area (Å²) < 4.78 is 6.76. The third kappa shape index (κ3) is 4.58. The number of ether oxygens (including phenoxy) is 1. The standard InChI is InChI=1S/C30H33N5O6/c1-3-9-33-10-12-34(13-11-33)26(36)18-41-31-15-20-19-7-5-6-8-24(19)32-27-21(20)16-35-25(27)14-23-22(28(35)37)17-40-29(38)30(23,39)4-2/h5-8,14-15,39H,3-4,9-13,16-18H2,1-2H3/b31-15+/t30-/m0/s1. The van der Waals surface area contributed by atoms with Crippen molar-refractivity contribution in [1.29, 1.82) is 0 Å². The van der Waals surface area contributed by atoms with Crippen LogP contribution < -0.4 is 5.56 Å². The normalized spacial score (nSPS) is 20.2. The van der Waals surface area contributed by atoms with E-state index in [4.69, 9.17) is 14.6 Å². The SMILES string of the molecule is CCCN1CCN(C(=O)CO/N=C/c2c3c(nc4ccccc24)-c2cc4c(c(=O)n2C3)COC(=O)[C@]4(O)CC)CC1. The van der Waals surface area contributed by atoms with Crippen LogP contribution in [0.4, 0.5) is 0 Å². The summed E-state index contributed by atoms with van der Waals surface area (Å²) in [5.41, 5.74) is 1.58. The van der Waals surface area contributed by atoms with Crippen LogP contribution in [0.1, 0.15) is 48.9 Å². The smallest absolute Gasteiger partial charge is 0.343 e. The van der Waals surface area contributed by atoms with Gasteiger partial charge in [-0.05, 0) is 31.5 Å². The van der Waals surface area contributed by atoms with Crippen LogP contribution in [0.25, 0.3) is 22.3 Å². The van der Waals surface area contributed by atoms with Crippen LogP contribution >= 0.6 is 0 Å². The first kappa shape index (κ1) is 27.1. The molecule has 1 saturated heterocycles. The van der Waals surface area contributed by atoms with Gasteiger partial charge in [-0.2, -0.15) is 0 Å². The predicted molar refractivity (Wildman–Crippen MR) is 151 cm³/mol. The highest BCUT2D eigenvalue weighted by Gasteiger charge is 2.45. The number of hydrogen-bond donors (Lipinski definition) is 1. The van der Waals surface area contributed by atoms with Crippen molar-refractivity contribution in [2.75, 3.05) is 39.3 Å². The summed E-state index contributed by atoms with van der Waals surface area (Å²) in [6, 6.07) is 9.25. The van der Waals surface area contributed by atoms with Crippen molar-refractivity contribution in [3.05, 3.63) is 62.9 Å². The summed E-state index contributed by atoms with van der Waals surface area (Å²) in [5, 5.41) is 16.1. The fraction of sp³-hybridized carbons (Fsp3) is 0.433. The maximum atomic E-state index is 13.6. The van der Waals surface area contributed by atoms with Crippen molar-refractivity contribution in [3.63, 3.8) is 0 Å². The Morgan fingerprint density at radius 3 is 2.71 bits per heavy atom. The van der Waals surface area contributed by atoms with E-state index in [1.807, 2.05) is 24.3 Å². The molecule has 6 rings (SSSR count). The van der Waals surface area contributed by atoms with E-state index in [1.165, 1.54) is 0 Å². The largest absolute Gasteiger partial charge is 0.458 e. The number of esters is 1. The van der Waals surface area contributed by atoms with E-state index >= 15 is 0 Å². The van der Waals surface area contributed by atoms with Crippen LogP contribution in [-0.2, 0) is 37.9 Å². The number of cyclic esters (lactones) is 1. The maximum absolute atomic E-state index is 13.6. The molecule has 0 unspecified atom stereocenters. The summed E-state index contributed by atoms with van der Waals surface area (Å²) in [7, 11) is 0. The molecule has 5 heterocycles. The highest BCUT2D eigenvalue weighted by atomic mass is 16.6. The lowest BCUT2D eigenvalue weighted by molar-refractivity contribution is -0.172. The number of hydrogen-bond acceptors (Lipinski definition) is 9. The second-order valence-corrected chi connectivity index (χ2v) is 10.7. The highest BCUT2D eigenvalue weighted by molar-refractivity contribution is 6.02. The number of benzene rings is 1. The molecule has 1 aromatic carbocycles. The van der Waals surface area contributed by atoms with Gasteiger partial charge < -0.3 is 24.1 Å². The molecule has 1 amide bonds. The molecular formula is C30H33N5O6. The van der Waals surface area contributed by atoms with Crippen molar-refractivity contribution < 1.29 is 24.3 Å². The van der Waals surface area contributed by atoms with Crippen molar-refractivity contribution in [3.8, 4) is 11.4 Å². The van der Waals surface area contributed by atoms with Crippen molar-refractivity contribution in [2.45, 2.75) is 45.4 Å². The molecule has 11 nitrogen and oxygen atoms in total. The van der Waals surface area contributed by atoms with Crippen molar-refractivity contribution in [2.24, 2.45) is 5.16 Å². The van der Waals surface area contributed by atoms with Gasteiger partial charge in [0.1, 0.15) is 6.61 Å². The number of nitrogens with zero attached hydrogens (tertiary/aromatic N) is 5. The Labute approximate surface area is 237 Å². The van der Waals surface area contributed by atoms with Gasteiger partial charge in [-0.1, -0.05) is 37.2 Å². The first-order valence-electron chi connectivity index (χ1n) is 14.1. The average Bonchev–Trinajstić information content (AvgIpc) is 3.36. The van der Waals surface area contributed by atoms with Gasteiger partial charge in [-0.3, -0.25) is 14.5 Å². The minimum atomic E-state index is -1.89. The third-order valence-corrected chi connectivity index (χ3v) is 8.35. The lowest BCUT2D eigenvalue weighted by Gasteiger charge is -2.34. The summed E-state index contributed by atoms with van der Waals surface area (Å²) in [6.45, 7) is 7.81. The number of pyridine rings is 2. The van der Waals surface area contributed by atoms with Crippen LogP contribution in [0.5, 0.6) is 0 Å². The number of amides is 1. The lowest BCUT2D eigenvalue weighted by atomic mass is 9.86. The monoisotopic (exact) mass is 559 g/mol. The molecule has 41 heavy (non-hydrogen) atoms. The highest BCUT2D eigenvalue weighted by Crippen LogP contribution is 2.39. The minimum absolute atomic E-state index is 0.0716. The second kappa shape index (κ2) is 10.7. The molecule has 3 aliphatic heterocycles. The lowest BCUT2D eigenvalue weighted by Crippen LogP contribution is -2.49. The van der Waals surface area contributed by atoms with Gasteiger partial charge in [0.2, 0.25) is 0 Å². The first-order chi connectivity index (χ1) is 19.9. The quantitative estimate of drug-likeness (QED) is 0.207. The fourth-order valence-corrected chi connectivity index (χ4v) is 6.02. The zero-order valence-corrected chi connectivity index (χ0v) is 23.3. The molecule has 3 aliphatic rings. The number of aliphatic hydroxyl groups is 1. The van der Waals surface area contributed by atoms with Gasteiger partial charge in [0.25, 0.3) is 11.5 Å². The number of piperazine rings is 1. The van der Waals surface area contributed by atoms with Crippen molar-refractivity contribution >= 4 is 29.0 Å². The molecule has 0 bridgehead atoms. The molecule has 2 aromatic heterocycles. The van der Waals surface area contributed by atoms with Crippen LogP contribution in [0.15, 0.2) is 40.3 Å². The molecule has 11 heteroatoms. The Hall–Kier alpha value is -4.09. The van der Waals surface area contributed by atoms with E-state index in [0.717, 1.165) is 42.6 Å². The summed E-state index contributed by atoms with van der Waals surface area (Å²) in [4.78, 5) is 53.2. The molecule has 0 radical (unpaired) electrons. The van der Waals surface area contributed by atoms with Gasteiger partial charge in [0, 0.05) is 48.3 Å². The van der Waals surface area contributed by atoms with E-state index in [0.29, 0.717) is 30.0 Å². The molecule has 0 spiro atoms. The second-order valence-electron chi connectivity index (χ2n) is 10.7. The molecule has 214 valence electrons. The number of carbonyl (C=O) groups is 2. The third-order valence-electron chi connectivity index (χ3n) is 8.35. The Kier molecular flexibility index (Phi) is 7.08. The van der Waals surface area contributed by atoms with E-state index in [-0.39, 0.29) is 48.8 Å². The van der Waals surface area contributed by atoms with E-state index in [9.17, 15) is 19.5 Å². The molecule has 1 fully saturated rings. The minimum Gasteiger partial charge on any atom is -0.458 e. The Morgan fingerprint density at radius 2 is 1.95 bits per heavy atom. The topological polar surface area (TPSA) is 127 Å². The van der Waals surface area contributed by atoms with Gasteiger partial charge in [0.15, 0.2) is 12.2 Å². The zero-order valence-electron chi connectivity index (χ0n) is 23.3. The molecule has 1 N–H and O–H groups in total. The number of rotatable bonds is 7. The van der Waals surface area contributed by atoms with Gasteiger partial charge in [0.05, 0.1) is 35.2 Å². The molecular weight excluding hydrogens is 526 g/mol. The Morgan fingerprint density at radius 1 is 1.17 bits per heavy atom. The molecule has 0 aliphatic carbocycles. The molecule has 1 atom stereocenters. The van der Waals surface area contributed by atoms with Crippen LogP contribution in [0, 0.1) is 0 Å².